The molecule has 1 aromatic rings. The van der Waals surface area contributed by atoms with Gasteiger partial charge in [-0.2, -0.15) is 0 Å². The molecule has 0 radical (unpaired) electrons. The lowest BCUT2D eigenvalue weighted by atomic mass is 10.1. The number of thiophene rings is 1. The Kier molecular flexibility index (Phi) is 5.78. The van der Waals surface area contributed by atoms with E-state index in [9.17, 15) is 15.0 Å². The van der Waals surface area contributed by atoms with Gasteiger partial charge < -0.3 is 10.2 Å². The molecule has 0 fully saturated rings. The topological polar surface area (TPSA) is 57.5 Å². The lowest BCUT2D eigenvalue weighted by Crippen LogP contribution is -2.18. The Balaban J connectivity index is 2.41. The van der Waals surface area contributed by atoms with Crippen molar-refractivity contribution in [1.82, 2.24) is 0 Å². The fourth-order valence-corrected chi connectivity index (χ4v) is 2.91. The molecule has 0 aliphatic heterocycles. The van der Waals surface area contributed by atoms with E-state index in [1.807, 2.05) is 0 Å². The summed E-state index contributed by atoms with van der Waals surface area (Å²) in [4.78, 5) is 11.3. The maximum atomic E-state index is 10.7. The molecule has 3 nitrogen and oxygen atoms in total. The maximum Gasteiger partial charge on any atom is 0.185 e. The highest BCUT2D eigenvalue weighted by molar-refractivity contribution is 8.13. The van der Waals surface area contributed by atoms with Crippen LogP contribution in [0, 0.1) is 0 Å². The first-order valence-corrected chi connectivity index (χ1v) is 6.93. The zero-order valence-corrected chi connectivity index (χ0v) is 11.1. The summed E-state index contributed by atoms with van der Waals surface area (Å²) in [6.07, 6.45) is -1.41. The molecule has 6 heteroatoms. The first-order valence-electron chi connectivity index (χ1n) is 4.75. The number of thioether (sulfide) groups is 1. The molecule has 90 valence electrons. The Morgan fingerprint density at radius 3 is 2.75 bits per heavy atom. The summed E-state index contributed by atoms with van der Waals surface area (Å²) >= 11 is 8.12. The molecule has 2 unspecified atom stereocenters. The van der Waals surface area contributed by atoms with Gasteiger partial charge in [0.25, 0.3) is 0 Å². The Hall–Kier alpha value is -0.0700. The number of hydrogen-bond donors (Lipinski definition) is 2. The molecule has 16 heavy (non-hydrogen) atoms. The summed E-state index contributed by atoms with van der Waals surface area (Å²) in [6, 6.07) is 3.38. The van der Waals surface area contributed by atoms with Gasteiger partial charge in [-0.15, -0.1) is 11.3 Å². The van der Waals surface area contributed by atoms with Gasteiger partial charge in [0, 0.05) is 17.6 Å². The number of aliphatic hydroxyl groups is 2. The predicted molar refractivity (Wildman–Crippen MR) is 68.1 cm³/mol. The number of carbonyl (C=O) groups excluding carboxylic acids is 1. The van der Waals surface area contributed by atoms with Crippen molar-refractivity contribution in [3.8, 4) is 0 Å². The molecular weight excluding hydrogens is 268 g/mol. The second-order valence-corrected chi connectivity index (χ2v) is 6.30. The Morgan fingerprint density at radius 1 is 1.56 bits per heavy atom. The van der Waals surface area contributed by atoms with Crippen molar-refractivity contribution in [2.24, 2.45) is 0 Å². The number of aliphatic hydroxyl groups excluding tert-OH is 2. The van der Waals surface area contributed by atoms with E-state index < -0.39 is 12.2 Å². The largest absolute Gasteiger partial charge is 0.390 e. The third kappa shape index (κ3) is 4.43. The molecule has 2 atom stereocenters. The third-order valence-electron chi connectivity index (χ3n) is 1.97. The minimum atomic E-state index is -0.926. The average molecular weight is 281 g/mol. The van der Waals surface area contributed by atoms with Crippen LogP contribution in [0.25, 0.3) is 0 Å². The Bertz CT molecular complexity index is 354. The van der Waals surface area contributed by atoms with E-state index in [0.717, 1.165) is 11.8 Å². The van der Waals surface area contributed by atoms with E-state index in [1.165, 1.54) is 18.3 Å². The minimum absolute atomic E-state index is 0.0147. The normalized spacial score (nSPS) is 14.8. The van der Waals surface area contributed by atoms with Gasteiger partial charge in [-0.1, -0.05) is 23.4 Å². The van der Waals surface area contributed by atoms with Crippen LogP contribution in [0.15, 0.2) is 12.1 Å². The second kappa shape index (κ2) is 6.61. The van der Waals surface area contributed by atoms with Crippen molar-refractivity contribution < 1.29 is 15.0 Å². The summed E-state index contributed by atoms with van der Waals surface area (Å²) in [7, 11) is 0. The van der Waals surface area contributed by atoms with Crippen molar-refractivity contribution in [2.75, 3.05) is 5.75 Å². The molecule has 0 aliphatic carbocycles. The lowest BCUT2D eigenvalue weighted by Gasteiger charge is -2.15. The van der Waals surface area contributed by atoms with Crippen LogP contribution in [0.2, 0.25) is 4.34 Å². The van der Waals surface area contributed by atoms with Crippen LogP contribution >= 0.6 is 34.7 Å². The number of halogens is 1. The predicted octanol–water partition coefficient (Wildman–Crippen LogP) is 2.47. The van der Waals surface area contributed by atoms with Gasteiger partial charge in [0.1, 0.15) is 6.10 Å². The van der Waals surface area contributed by atoms with E-state index in [2.05, 4.69) is 0 Å². The van der Waals surface area contributed by atoms with Crippen molar-refractivity contribution in [3.05, 3.63) is 21.3 Å². The number of hydrogen-bond acceptors (Lipinski definition) is 5. The van der Waals surface area contributed by atoms with E-state index in [4.69, 9.17) is 11.6 Å². The van der Waals surface area contributed by atoms with Gasteiger partial charge in [0.15, 0.2) is 5.12 Å². The van der Waals surface area contributed by atoms with Gasteiger partial charge in [-0.25, -0.2) is 0 Å². The van der Waals surface area contributed by atoms with Crippen LogP contribution in [0.1, 0.15) is 24.3 Å². The third-order valence-corrected chi connectivity index (χ3v) is 4.12. The highest BCUT2D eigenvalue weighted by Crippen LogP contribution is 2.29. The fourth-order valence-electron chi connectivity index (χ4n) is 1.16. The molecule has 0 saturated heterocycles. The molecule has 1 heterocycles. The number of carbonyl (C=O) groups is 1. The Labute approximate surface area is 107 Å². The van der Waals surface area contributed by atoms with Crippen LogP contribution in [-0.2, 0) is 4.79 Å². The quantitative estimate of drug-likeness (QED) is 0.870. The van der Waals surface area contributed by atoms with Crippen LogP contribution < -0.4 is 0 Å². The van der Waals surface area contributed by atoms with Gasteiger partial charge in [0.2, 0.25) is 0 Å². The Morgan fingerprint density at radius 2 is 2.25 bits per heavy atom. The molecule has 0 aliphatic rings. The average Bonchev–Trinajstić information content (AvgIpc) is 2.63. The second-order valence-electron chi connectivity index (χ2n) is 3.28. The van der Waals surface area contributed by atoms with Crippen molar-refractivity contribution in [2.45, 2.75) is 25.6 Å². The summed E-state index contributed by atoms with van der Waals surface area (Å²) in [5.41, 5.74) is 0. The maximum absolute atomic E-state index is 10.7. The van der Waals surface area contributed by atoms with Gasteiger partial charge in [-0.3, -0.25) is 4.79 Å². The van der Waals surface area contributed by atoms with Gasteiger partial charge in [0.05, 0.1) is 10.4 Å². The van der Waals surface area contributed by atoms with Gasteiger partial charge >= 0.3 is 0 Å². The summed E-state index contributed by atoms with van der Waals surface area (Å²) in [5, 5.41) is 19.5. The van der Waals surface area contributed by atoms with Crippen molar-refractivity contribution in [1.29, 1.82) is 0 Å². The molecule has 0 saturated carbocycles. The van der Waals surface area contributed by atoms with E-state index in [-0.39, 0.29) is 5.12 Å². The molecule has 2 N–H and O–H groups in total. The highest BCUT2D eigenvalue weighted by Gasteiger charge is 2.19. The van der Waals surface area contributed by atoms with Crippen LogP contribution in [-0.4, -0.2) is 27.2 Å². The highest BCUT2D eigenvalue weighted by atomic mass is 35.5. The summed E-state index contributed by atoms with van der Waals surface area (Å²) in [5.74, 6) is 0.507. The van der Waals surface area contributed by atoms with E-state index >= 15 is 0 Å². The first kappa shape index (κ1) is 14.0. The van der Waals surface area contributed by atoms with Crippen LogP contribution in [0.3, 0.4) is 0 Å². The van der Waals surface area contributed by atoms with E-state index in [1.54, 1.807) is 12.1 Å². The number of rotatable bonds is 5. The first-order chi connectivity index (χ1) is 7.50. The van der Waals surface area contributed by atoms with Crippen LogP contribution in [0.5, 0.6) is 0 Å². The molecule has 0 amide bonds. The zero-order chi connectivity index (χ0) is 12.1. The van der Waals surface area contributed by atoms with Crippen molar-refractivity contribution >= 4 is 39.8 Å². The van der Waals surface area contributed by atoms with Crippen LogP contribution in [0.4, 0.5) is 0 Å². The molecular formula is C10H13ClO3S2. The fraction of sp³-hybridized carbons (Fsp3) is 0.500. The molecule has 0 spiro atoms. The van der Waals surface area contributed by atoms with Gasteiger partial charge in [-0.05, 0) is 18.6 Å². The van der Waals surface area contributed by atoms with E-state index in [0.29, 0.717) is 21.4 Å². The monoisotopic (exact) mass is 280 g/mol. The summed E-state index contributed by atoms with van der Waals surface area (Å²) < 4.78 is 0.583. The standard InChI is InChI=1S/C10H13ClO3S2/c1-6(12)15-5-4-7(13)10(14)8-2-3-9(11)16-8/h2-3,7,10,13-14H,4-5H2,1H3. The lowest BCUT2D eigenvalue weighted by molar-refractivity contribution is -0.109. The SMILES string of the molecule is CC(=O)SCCC(O)C(O)c1ccc(Cl)s1. The summed E-state index contributed by atoms with van der Waals surface area (Å²) in [6.45, 7) is 1.48. The molecule has 0 bridgehead atoms. The molecule has 1 rings (SSSR count). The smallest absolute Gasteiger partial charge is 0.185 e. The minimum Gasteiger partial charge on any atom is -0.390 e. The zero-order valence-electron chi connectivity index (χ0n) is 8.72. The molecule has 0 aromatic carbocycles. The molecule has 1 aromatic heterocycles. The van der Waals surface area contributed by atoms with Crippen molar-refractivity contribution in [3.63, 3.8) is 0 Å².